The maximum absolute atomic E-state index is 12.7. The second kappa shape index (κ2) is 6.78. The number of hydrogen-bond donors (Lipinski definition) is 1. The van der Waals surface area contributed by atoms with Crippen molar-refractivity contribution in [1.82, 2.24) is 0 Å². The Labute approximate surface area is 144 Å². The van der Waals surface area contributed by atoms with Crippen molar-refractivity contribution >= 4 is 17.3 Å². The molecule has 25 heavy (non-hydrogen) atoms. The molecule has 0 unspecified atom stereocenters. The fourth-order valence-electron chi connectivity index (χ4n) is 3.14. The zero-order chi connectivity index (χ0) is 18.0. The molecule has 0 aromatic heterocycles. The summed E-state index contributed by atoms with van der Waals surface area (Å²) in [5, 5.41) is 2.78. The predicted octanol–water partition coefficient (Wildman–Crippen LogP) is 4.62. The van der Waals surface area contributed by atoms with Crippen LogP contribution >= 0.6 is 0 Å². The summed E-state index contributed by atoms with van der Waals surface area (Å²) in [7, 11) is 0. The van der Waals surface area contributed by atoms with Gasteiger partial charge < -0.3 is 10.2 Å². The van der Waals surface area contributed by atoms with Gasteiger partial charge in [-0.3, -0.25) is 4.79 Å². The van der Waals surface area contributed by atoms with E-state index in [1.165, 1.54) is 19.1 Å². The predicted molar refractivity (Wildman–Crippen MR) is 91.6 cm³/mol. The van der Waals surface area contributed by atoms with Crippen LogP contribution in [0.4, 0.5) is 24.5 Å². The van der Waals surface area contributed by atoms with E-state index in [4.69, 9.17) is 0 Å². The average Bonchev–Trinajstić information content (AvgIpc) is 2.54. The lowest BCUT2D eigenvalue weighted by molar-refractivity contribution is -0.137. The zero-order valence-electron chi connectivity index (χ0n) is 13.9. The lowest BCUT2D eigenvalue weighted by Crippen LogP contribution is -2.29. The molecule has 0 saturated heterocycles. The molecule has 3 nitrogen and oxygen atoms in total. The summed E-state index contributed by atoms with van der Waals surface area (Å²) in [5.74, 6) is -0.114. The van der Waals surface area contributed by atoms with Gasteiger partial charge in [-0.15, -0.1) is 0 Å². The number of alkyl halides is 3. The van der Waals surface area contributed by atoms with E-state index in [-0.39, 0.29) is 5.91 Å². The topological polar surface area (TPSA) is 32.3 Å². The highest BCUT2D eigenvalue weighted by molar-refractivity contribution is 5.89. The average molecular weight is 348 g/mol. The molecular formula is C19H19F3N2O. The van der Waals surface area contributed by atoms with Gasteiger partial charge in [0.25, 0.3) is 0 Å². The summed E-state index contributed by atoms with van der Waals surface area (Å²) in [6, 6.07) is 11.1. The minimum absolute atomic E-state index is 0.114. The molecule has 0 aliphatic carbocycles. The molecule has 1 aliphatic heterocycles. The van der Waals surface area contributed by atoms with E-state index in [0.717, 1.165) is 54.0 Å². The smallest absolute Gasteiger partial charge is 0.367 e. The summed E-state index contributed by atoms with van der Waals surface area (Å²) < 4.78 is 38.0. The molecule has 0 saturated carbocycles. The van der Waals surface area contributed by atoms with Crippen LogP contribution in [0, 0.1) is 0 Å². The van der Waals surface area contributed by atoms with Crippen LogP contribution < -0.4 is 10.2 Å². The summed E-state index contributed by atoms with van der Waals surface area (Å²) >= 11 is 0. The molecule has 2 aromatic rings. The number of carbonyl (C=O) groups excluding carboxylic acids is 1. The van der Waals surface area contributed by atoms with Gasteiger partial charge in [-0.1, -0.05) is 12.1 Å². The van der Waals surface area contributed by atoms with Crippen LogP contribution in [-0.2, 0) is 23.9 Å². The van der Waals surface area contributed by atoms with Gasteiger partial charge in [0.2, 0.25) is 5.91 Å². The van der Waals surface area contributed by atoms with E-state index >= 15 is 0 Å². The van der Waals surface area contributed by atoms with E-state index in [1.807, 2.05) is 18.2 Å². The maximum Gasteiger partial charge on any atom is 0.416 e. The Hall–Kier alpha value is -2.50. The third-order valence-electron chi connectivity index (χ3n) is 4.27. The van der Waals surface area contributed by atoms with Crippen molar-refractivity contribution in [1.29, 1.82) is 0 Å². The van der Waals surface area contributed by atoms with Crippen molar-refractivity contribution in [2.45, 2.75) is 32.5 Å². The maximum atomic E-state index is 12.7. The molecule has 1 heterocycles. The molecule has 0 spiro atoms. The van der Waals surface area contributed by atoms with Crippen molar-refractivity contribution in [3.63, 3.8) is 0 Å². The van der Waals surface area contributed by atoms with Crippen LogP contribution in [0.1, 0.15) is 30.0 Å². The standard InChI is InChI=1S/C19H19F3N2O/c1-13(25)23-17-8-9-18-15(11-17)3-2-10-24(18)12-14-4-6-16(7-5-14)19(20,21)22/h4-9,11H,2-3,10,12H2,1H3,(H,23,25). The molecule has 0 atom stereocenters. The monoisotopic (exact) mass is 348 g/mol. The summed E-state index contributed by atoms with van der Waals surface area (Å²) in [6.07, 6.45) is -2.42. The van der Waals surface area contributed by atoms with Crippen LogP contribution in [0.2, 0.25) is 0 Å². The fraction of sp³-hybridized carbons (Fsp3) is 0.316. The van der Waals surface area contributed by atoms with E-state index in [0.29, 0.717) is 6.54 Å². The number of hydrogen-bond acceptors (Lipinski definition) is 2. The largest absolute Gasteiger partial charge is 0.416 e. The molecule has 6 heteroatoms. The Morgan fingerprint density at radius 2 is 1.88 bits per heavy atom. The molecule has 132 valence electrons. The summed E-state index contributed by atoms with van der Waals surface area (Å²) in [4.78, 5) is 13.3. The molecule has 1 amide bonds. The highest BCUT2D eigenvalue weighted by atomic mass is 19.4. The highest BCUT2D eigenvalue weighted by Crippen LogP contribution is 2.32. The molecule has 0 bridgehead atoms. The van der Waals surface area contributed by atoms with Gasteiger partial charge in [0.05, 0.1) is 5.56 Å². The summed E-state index contributed by atoms with van der Waals surface area (Å²) in [5.41, 5.74) is 3.19. The summed E-state index contributed by atoms with van der Waals surface area (Å²) in [6.45, 7) is 2.88. The number of rotatable bonds is 3. The van der Waals surface area contributed by atoms with E-state index in [2.05, 4.69) is 10.2 Å². The first kappa shape index (κ1) is 17.3. The second-order valence-electron chi connectivity index (χ2n) is 6.24. The molecular weight excluding hydrogens is 329 g/mol. The number of amides is 1. The third-order valence-corrected chi connectivity index (χ3v) is 4.27. The van der Waals surface area contributed by atoms with Crippen molar-refractivity contribution in [2.24, 2.45) is 0 Å². The highest BCUT2D eigenvalue weighted by Gasteiger charge is 2.30. The number of nitrogens with one attached hydrogen (secondary N) is 1. The molecule has 1 N–H and O–H groups in total. The zero-order valence-corrected chi connectivity index (χ0v) is 13.9. The lowest BCUT2D eigenvalue weighted by atomic mass is 10.00. The fourth-order valence-corrected chi connectivity index (χ4v) is 3.14. The van der Waals surface area contributed by atoms with Gasteiger partial charge >= 0.3 is 6.18 Å². The minimum Gasteiger partial charge on any atom is -0.367 e. The third kappa shape index (κ3) is 4.13. The van der Waals surface area contributed by atoms with Gasteiger partial charge in [0, 0.05) is 31.4 Å². The van der Waals surface area contributed by atoms with Crippen LogP contribution in [0.25, 0.3) is 0 Å². The van der Waals surface area contributed by atoms with Gasteiger partial charge in [0.1, 0.15) is 0 Å². The molecule has 2 aromatic carbocycles. The normalized spacial score (nSPS) is 14.2. The Morgan fingerprint density at radius 1 is 1.16 bits per heavy atom. The number of benzene rings is 2. The Morgan fingerprint density at radius 3 is 2.52 bits per heavy atom. The Bertz CT molecular complexity index is 769. The number of carbonyl (C=O) groups is 1. The first-order valence-electron chi connectivity index (χ1n) is 8.14. The van der Waals surface area contributed by atoms with E-state index < -0.39 is 11.7 Å². The van der Waals surface area contributed by atoms with Gasteiger partial charge in [-0.2, -0.15) is 13.2 Å². The first-order valence-corrected chi connectivity index (χ1v) is 8.14. The quantitative estimate of drug-likeness (QED) is 0.878. The van der Waals surface area contributed by atoms with Crippen molar-refractivity contribution in [2.75, 3.05) is 16.8 Å². The number of halogens is 3. The lowest BCUT2D eigenvalue weighted by Gasteiger charge is -2.32. The Kier molecular flexibility index (Phi) is 4.70. The number of aryl methyl sites for hydroxylation is 1. The van der Waals surface area contributed by atoms with E-state index in [9.17, 15) is 18.0 Å². The number of fused-ring (bicyclic) bond motifs is 1. The van der Waals surface area contributed by atoms with Crippen LogP contribution in [0.15, 0.2) is 42.5 Å². The van der Waals surface area contributed by atoms with Crippen LogP contribution in [0.5, 0.6) is 0 Å². The SMILES string of the molecule is CC(=O)Nc1ccc2c(c1)CCCN2Cc1ccc(C(F)(F)F)cc1. The molecule has 0 radical (unpaired) electrons. The Balaban J connectivity index is 1.78. The number of anilines is 2. The van der Waals surface area contributed by atoms with Crippen molar-refractivity contribution in [3.05, 3.63) is 59.2 Å². The van der Waals surface area contributed by atoms with Crippen molar-refractivity contribution < 1.29 is 18.0 Å². The van der Waals surface area contributed by atoms with Gasteiger partial charge in [0.15, 0.2) is 0 Å². The van der Waals surface area contributed by atoms with Crippen molar-refractivity contribution in [3.8, 4) is 0 Å². The molecule has 3 rings (SSSR count). The van der Waals surface area contributed by atoms with E-state index in [1.54, 1.807) is 0 Å². The first-order chi connectivity index (χ1) is 11.8. The molecule has 0 fully saturated rings. The van der Waals surface area contributed by atoms with Crippen LogP contribution in [-0.4, -0.2) is 12.5 Å². The minimum atomic E-state index is -4.31. The van der Waals surface area contributed by atoms with Crippen LogP contribution in [0.3, 0.4) is 0 Å². The van der Waals surface area contributed by atoms with Gasteiger partial charge in [-0.25, -0.2) is 0 Å². The number of nitrogens with zero attached hydrogens (tertiary/aromatic N) is 1. The van der Waals surface area contributed by atoms with Gasteiger partial charge in [-0.05, 0) is 54.3 Å². The second-order valence-corrected chi connectivity index (χ2v) is 6.24. The molecule has 1 aliphatic rings.